The molecule has 0 amide bonds. The molecule has 4 rings (SSSR count). The van der Waals surface area contributed by atoms with E-state index in [1.807, 2.05) is 60.1 Å². The summed E-state index contributed by atoms with van der Waals surface area (Å²) < 4.78 is 1.82. The maximum Gasteiger partial charge on any atom is 0.160 e. The number of nitrogens with one attached hydrogen (secondary N) is 1. The van der Waals surface area contributed by atoms with E-state index < -0.39 is 0 Å². The summed E-state index contributed by atoms with van der Waals surface area (Å²) in [6.07, 6.45) is 1.82. The van der Waals surface area contributed by atoms with Crippen molar-refractivity contribution in [2.45, 2.75) is 20.0 Å². The molecule has 0 bridgehead atoms. The summed E-state index contributed by atoms with van der Waals surface area (Å²) in [5, 5.41) is 8.60. The van der Waals surface area contributed by atoms with Gasteiger partial charge < -0.3 is 11.1 Å². The van der Waals surface area contributed by atoms with Gasteiger partial charge in [0, 0.05) is 35.3 Å². The van der Waals surface area contributed by atoms with Crippen molar-refractivity contribution in [2.75, 3.05) is 5.32 Å². The number of rotatable bonds is 5. The van der Waals surface area contributed by atoms with Gasteiger partial charge in [-0.25, -0.2) is 4.98 Å². The van der Waals surface area contributed by atoms with Crippen LogP contribution in [0.4, 0.5) is 5.82 Å². The Morgan fingerprint density at radius 2 is 1.81 bits per heavy atom. The predicted octanol–water partition coefficient (Wildman–Crippen LogP) is 4.43. The van der Waals surface area contributed by atoms with Crippen LogP contribution in [0.15, 0.2) is 60.8 Å². The summed E-state index contributed by atoms with van der Waals surface area (Å²) in [6, 6.07) is 18.0. The molecule has 0 spiro atoms. The molecule has 0 fully saturated rings. The molecule has 2 aromatic heterocycles. The molecule has 0 aliphatic carbocycles. The molecular formula is C21H20ClN5. The molecule has 3 N–H and O–H groups in total. The topological polar surface area (TPSA) is 68.2 Å². The standard InChI is InChI=1S/C21H20ClN5/c1-14-12-25-27-20(24-13-16-8-6-15(11-23)7-9-16)10-19(26-21(14)27)17-4-2-3-5-18(17)22/h2-10,12,24H,11,13,23H2,1H3. The summed E-state index contributed by atoms with van der Waals surface area (Å²) in [5.74, 6) is 0.867. The monoisotopic (exact) mass is 377 g/mol. The maximum absolute atomic E-state index is 6.38. The van der Waals surface area contributed by atoms with E-state index in [1.165, 1.54) is 5.56 Å². The maximum atomic E-state index is 6.38. The van der Waals surface area contributed by atoms with Crippen molar-refractivity contribution >= 4 is 23.1 Å². The van der Waals surface area contributed by atoms with Gasteiger partial charge in [-0.15, -0.1) is 0 Å². The molecule has 0 saturated heterocycles. The Morgan fingerprint density at radius 3 is 2.56 bits per heavy atom. The molecule has 0 radical (unpaired) electrons. The third kappa shape index (κ3) is 3.52. The zero-order chi connectivity index (χ0) is 18.8. The first-order valence-corrected chi connectivity index (χ1v) is 9.15. The Morgan fingerprint density at radius 1 is 1.07 bits per heavy atom. The van der Waals surface area contributed by atoms with E-state index in [0.29, 0.717) is 18.1 Å². The van der Waals surface area contributed by atoms with Crippen LogP contribution in [0.25, 0.3) is 16.9 Å². The minimum Gasteiger partial charge on any atom is -0.366 e. The first-order valence-electron chi connectivity index (χ1n) is 8.78. The first kappa shape index (κ1) is 17.5. The third-order valence-electron chi connectivity index (χ3n) is 4.53. The van der Waals surface area contributed by atoms with Crippen LogP contribution in [0.3, 0.4) is 0 Å². The van der Waals surface area contributed by atoms with E-state index >= 15 is 0 Å². The summed E-state index contributed by atoms with van der Waals surface area (Å²) in [4.78, 5) is 4.77. The summed E-state index contributed by atoms with van der Waals surface area (Å²) in [6.45, 7) is 3.22. The van der Waals surface area contributed by atoms with E-state index in [1.54, 1.807) is 0 Å². The van der Waals surface area contributed by atoms with Crippen LogP contribution in [-0.4, -0.2) is 14.6 Å². The Hall–Kier alpha value is -2.89. The van der Waals surface area contributed by atoms with Crippen molar-refractivity contribution in [3.63, 3.8) is 0 Å². The lowest BCUT2D eigenvalue weighted by atomic mass is 10.1. The van der Waals surface area contributed by atoms with Gasteiger partial charge in [0.1, 0.15) is 5.82 Å². The van der Waals surface area contributed by atoms with Gasteiger partial charge in [0.25, 0.3) is 0 Å². The predicted molar refractivity (Wildman–Crippen MR) is 110 cm³/mol. The molecule has 0 aliphatic rings. The largest absolute Gasteiger partial charge is 0.366 e. The minimum absolute atomic E-state index is 0.548. The quantitative estimate of drug-likeness (QED) is 0.540. The molecule has 5 nitrogen and oxygen atoms in total. The Kier molecular flexibility index (Phi) is 4.79. The van der Waals surface area contributed by atoms with Crippen LogP contribution in [-0.2, 0) is 13.1 Å². The molecule has 2 aromatic carbocycles. The van der Waals surface area contributed by atoms with Gasteiger partial charge in [0.15, 0.2) is 5.65 Å². The second-order valence-electron chi connectivity index (χ2n) is 6.44. The SMILES string of the molecule is Cc1cnn2c(NCc3ccc(CN)cc3)cc(-c3ccccc3Cl)nc12. The molecular weight excluding hydrogens is 358 g/mol. The van der Waals surface area contributed by atoms with Crippen molar-refractivity contribution in [1.82, 2.24) is 14.6 Å². The molecule has 0 aliphatic heterocycles. The van der Waals surface area contributed by atoms with Gasteiger partial charge in [0.2, 0.25) is 0 Å². The normalized spacial score (nSPS) is 11.1. The Bertz CT molecular complexity index is 1090. The van der Waals surface area contributed by atoms with Crippen molar-refractivity contribution < 1.29 is 0 Å². The van der Waals surface area contributed by atoms with E-state index in [2.05, 4.69) is 22.5 Å². The number of anilines is 1. The van der Waals surface area contributed by atoms with Gasteiger partial charge in [-0.2, -0.15) is 9.61 Å². The molecule has 0 atom stereocenters. The molecule has 6 heteroatoms. The second kappa shape index (κ2) is 7.39. The van der Waals surface area contributed by atoms with E-state index in [0.717, 1.165) is 33.8 Å². The van der Waals surface area contributed by atoms with Gasteiger partial charge in [-0.1, -0.05) is 54.1 Å². The van der Waals surface area contributed by atoms with Crippen LogP contribution in [0.2, 0.25) is 5.02 Å². The summed E-state index contributed by atoms with van der Waals surface area (Å²) in [7, 11) is 0. The average Bonchev–Trinajstić information content (AvgIpc) is 3.08. The lowest BCUT2D eigenvalue weighted by Crippen LogP contribution is -2.07. The zero-order valence-corrected chi connectivity index (χ0v) is 15.7. The van der Waals surface area contributed by atoms with Gasteiger partial charge in [-0.05, 0) is 24.1 Å². The van der Waals surface area contributed by atoms with Gasteiger partial charge >= 0.3 is 0 Å². The lowest BCUT2D eigenvalue weighted by Gasteiger charge is -2.12. The minimum atomic E-state index is 0.548. The summed E-state index contributed by atoms with van der Waals surface area (Å²) >= 11 is 6.38. The van der Waals surface area contributed by atoms with Crippen molar-refractivity contribution in [3.8, 4) is 11.3 Å². The number of benzene rings is 2. The van der Waals surface area contributed by atoms with Gasteiger partial charge in [-0.3, -0.25) is 0 Å². The van der Waals surface area contributed by atoms with E-state index in [9.17, 15) is 0 Å². The number of hydrogen-bond donors (Lipinski definition) is 2. The van der Waals surface area contributed by atoms with E-state index in [4.69, 9.17) is 22.3 Å². The fraction of sp³-hybridized carbons (Fsp3) is 0.143. The van der Waals surface area contributed by atoms with Gasteiger partial charge in [0.05, 0.1) is 11.9 Å². The zero-order valence-electron chi connectivity index (χ0n) is 15.0. The Labute approximate surface area is 162 Å². The number of nitrogens with two attached hydrogens (primary N) is 1. The number of fused-ring (bicyclic) bond motifs is 1. The van der Waals surface area contributed by atoms with Crippen LogP contribution in [0, 0.1) is 6.92 Å². The fourth-order valence-corrected chi connectivity index (χ4v) is 3.22. The third-order valence-corrected chi connectivity index (χ3v) is 4.86. The molecule has 136 valence electrons. The van der Waals surface area contributed by atoms with Crippen molar-refractivity contribution in [1.29, 1.82) is 0 Å². The summed E-state index contributed by atoms with van der Waals surface area (Å²) in [5.41, 5.74) is 11.5. The highest BCUT2D eigenvalue weighted by molar-refractivity contribution is 6.33. The van der Waals surface area contributed by atoms with Crippen molar-refractivity contribution in [2.24, 2.45) is 5.73 Å². The van der Waals surface area contributed by atoms with Crippen LogP contribution < -0.4 is 11.1 Å². The van der Waals surface area contributed by atoms with Crippen LogP contribution in [0.5, 0.6) is 0 Å². The van der Waals surface area contributed by atoms with E-state index in [-0.39, 0.29) is 0 Å². The van der Waals surface area contributed by atoms with Crippen molar-refractivity contribution in [3.05, 3.63) is 82.5 Å². The molecule has 27 heavy (non-hydrogen) atoms. The molecule has 0 saturated carbocycles. The molecule has 2 heterocycles. The fourth-order valence-electron chi connectivity index (χ4n) is 2.99. The first-order chi connectivity index (χ1) is 13.2. The number of nitrogens with zero attached hydrogens (tertiary/aromatic N) is 3. The number of halogens is 1. The lowest BCUT2D eigenvalue weighted by molar-refractivity contribution is 0.926. The highest BCUT2D eigenvalue weighted by Crippen LogP contribution is 2.29. The molecule has 4 aromatic rings. The second-order valence-corrected chi connectivity index (χ2v) is 6.85. The number of aromatic nitrogens is 3. The van der Waals surface area contributed by atoms with Crippen LogP contribution in [0.1, 0.15) is 16.7 Å². The molecule has 0 unspecified atom stereocenters. The number of hydrogen-bond acceptors (Lipinski definition) is 4. The number of aryl methyl sites for hydroxylation is 1. The Balaban J connectivity index is 1.71. The highest BCUT2D eigenvalue weighted by atomic mass is 35.5. The van der Waals surface area contributed by atoms with Crippen LogP contribution >= 0.6 is 11.6 Å². The average molecular weight is 378 g/mol. The highest BCUT2D eigenvalue weighted by Gasteiger charge is 2.12. The smallest absolute Gasteiger partial charge is 0.160 e.